The molecule has 0 atom stereocenters. The van der Waals surface area contributed by atoms with Gasteiger partial charge in [-0.05, 0) is 19.8 Å². The third-order valence-electron chi connectivity index (χ3n) is 3.29. The minimum Gasteiger partial charge on any atom is -0.465 e. The van der Waals surface area contributed by atoms with Crippen molar-refractivity contribution in [1.82, 2.24) is 4.90 Å². The summed E-state index contributed by atoms with van der Waals surface area (Å²) in [7, 11) is 1.54. The van der Waals surface area contributed by atoms with Gasteiger partial charge in [0, 0.05) is 26.9 Å². The van der Waals surface area contributed by atoms with Gasteiger partial charge in [-0.3, -0.25) is 9.59 Å². The van der Waals surface area contributed by atoms with Crippen molar-refractivity contribution >= 4 is 11.9 Å². The fourth-order valence-corrected chi connectivity index (χ4v) is 2.08. The highest BCUT2D eigenvalue weighted by Gasteiger charge is 2.39. The Morgan fingerprint density at radius 2 is 2.00 bits per heavy atom. The van der Waals surface area contributed by atoms with Gasteiger partial charge in [-0.2, -0.15) is 0 Å². The highest BCUT2D eigenvalue weighted by molar-refractivity contribution is 5.89. The molecule has 7 heteroatoms. The van der Waals surface area contributed by atoms with Crippen LogP contribution in [0.3, 0.4) is 0 Å². The van der Waals surface area contributed by atoms with Crippen molar-refractivity contribution < 1.29 is 23.8 Å². The molecule has 0 aromatic rings. The molecule has 1 aliphatic rings. The molecule has 7 nitrogen and oxygen atoms in total. The Morgan fingerprint density at radius 3 is 2.55 bits per heavy atom. The van der Waals surface area contributed by atoms with Crippen LogP contribution in [0.5, 0.6) is 0 Å². The molecule has 0 aromatic carbocycles. The van der Waals surface area contributed by atoms with E-state index in [0.29, 0.717) is 39.2 Å². The maximum absolute atomic E-state index is 12.5. The molecule has 1 fully saturated rings. The molecule has 0 saturated carbocycles. The largest absolute Gasteiger partial charge is 0.465 e. The van der Waals surface area contributed by atoms with E-state index in [9.17, 15) is 9.59 Å². The lowest BCUT2D eigenvalue weighted by molar-refractivity contribution is -0.152. The van der Waals surface area contributed by atoms with Gasteiger partial charge in [0.1, 0.15) is 6.54 Å². The van der Waals surface area contributed by atoms with E-state index in [1.54, 1.807) is 14.0 Å². The molecule has 20 heavy (non-hydrogen) atoms. The molecule has 0 radical (unpaired) electrons. The van der Waals surface area contributed by atoms with Gasteiger partial charge in [0.05, 0.1) is 18.8 Å². The van der Waals surface area contributed by atoms with Crippen LogP contribution < -0.4 is 5.73 Å². The zero-order chi connectivity index (χ0) is 15.0. The molecule has 0 aliphatic carbocycles. The number of ether oxygens (including phenoxy) is 3. The number of amides is 1. The van der Waals surface area contributed by atoms with Gasteiger partial charge in [-0.15, -0.1) is 0 Å². The number of rotatable bonds is 7. The van der Waals surface area contributed by atoms with Crippen molar-refractivity contribution in [3.8, 4) is 0 Å². The molecule has 0 bridgehead atoms. The number of esters is 1. The van der Waals surface area contributed by atoms with Gasteiger partial charge in [-0.25, -0.2) is 0 Å². The van der Waals surface area contributed by atoms with Gasteiger partial charge >= 0.3 is 5.97 Å². The smallest absolute Gasteiger partial charge is 0.325 e. The second kappa shape index (κ2) is 8.18. The Balaban J connectivity index is 2.69. The Labute approximate surface area is 119 Å². The van der Waals surface area contributed by atoms with Gasteiger partial charge in [-0.1, -0.05) is 0 Å². The van der Waals surface area contributed by atoms with Crippen LogP contribution in [0, 0.1) is 0 Å². The first-order valence-corrected chi connectivity index (χ1v) is 6.84. The van der Waals surface area contributed by atoms with E-state index in [2.05, 4.69) is 0 Å². The fraction of sp³-hybridized carbons (Fsp3) is 0.846. The summed E-state index contributed by atoms with van der Waals surface area (Å²) in [6, 6.07) is 0. The van der Waals surface area contributed by atoms with Gasteiger partial charge in [0.15, 0.2) is 0 Å². The molecule has 0 spiro atoms. The Bertz CT molecular complexity index is 329. The first-order chi connectivity index (χ1) is 9.53. The predicted molar refractivity (Wildman–Crippen MR) is 72.1 cm³/mol. The zero-order valence-corrected chi connectivity index (χ0v) is 12.2. The molecular formula is C13H24N2O5. The quantitative estimate of drug-likeness (QED) is 0.637. The minimum atomic E-state index is -0.960. The van der Waals surface area contributed by atoms with Gasteiger partial charge in [0.2, 0.25) is 5.91 Å². The van der Waals surface area contributed by atoms with E-state index in [-0.39, 0.29) is 19.1 Å². The van der Waals surface area contributed by atoms with Crippen LogP contribution in [-0.2, 0) is 23.8 Å². The van der Waals surface area contributed by atoms with E-state index in [1.807, 2.05) is 0 Å². The third-order valence-corrected chi connectivity index (χ3v) is 3.29. The summed E-state index contributed by atoms with van der Waals surface area (Å²) in [6.45, 7) is 3.48. The maximum Gasteiger partial charge on any atom is 0.325 e. The Morgan fingerprint density at radius 1 is 1.35 bits per heavy atom. The number of carbonyl (C=O) groups is 2. The highest BCUT2D eigenvalue weighted by atomic mass is 16.5. The van der Waals surface area contributed by atoms with Crippen LogP contribution in [0.25, 0.3) is 0 Å². The van der Waals surface area contributed by atoms with Crippen molar-refractivity contribution in [2.24, 2.45) is 5.73 Å². The van der Waals surface area contributed by atoms with Crippen molar-refractivity contribution in [3.05, 3.63) is 0 Å². The van der Waals surface area contributed by atoms with Crippen LogP contribution >= 0.6 is 0 Å². The maximum atomic E-state index is 12.5. The number of nitrogens with zero attached hydrogens (tertiary/aromatic N) is 1. The minimum absolute atomic E-state index is 0.101. The molecule has 1 heterocycles. The second-order valence-corrected chi connectivity index (χ2v) is 4.79. The van der Waals surface area contributed by atoms with Gasteiger partial charge in [0.25, 0.3) is 0 Å². The van der Waals surface area contributed by atoms with E-state index < -0.39 is 11.5 Å². The second-order valence-electron chi connectivity index (χ2n) is 4.79. The average Bonchev–Trinajstić information content (AvgIpc) is 2.43. The third kappa shape index (κ3) is 4.73. The van der Waals surface area contributed by atoms with Crippen molar-refractivity contribution in [2.45, 2.75) is 25.3 Å². The average molecular weight is 288 g/mol. The normalized spacial score (nSPS) is 17.6. The number of nitrogens with two attached hydrogens (primary N) is 1. The number of carbonyl (C=O) groups excluding carboxylic acids is 2. The van der Waals surface area contributed by atoms with E-state index in [0.717, 1.165) is 0 Å². The lowest BCUT2D eigenvalue weighted by Gasteiger charge is -2.36. The van der Waals surface area contributed by atoms with Crippen LogP contribution in [0.1, 0.15) is 19.8 Å². The van der Waals surface area contributed by atoms with E-state index in [1.165, 1.54) is 4.90 Å². The molecule has 2 N–H and O–H groups in total. The topological polar surface area (TPSA) is 91.1 Å². The van der Waals surface area contributed by atoms with Crippen molar-refractivity contribution in [1.29, 1.82) is 0 Å². The molecule has 1 saturated heterocycles. The summed E-state index contributed by atoms with van der Waals surface area (Å²) in [5, 5.41) is 0. The molecule has 1 aliphatic heterocycles. The monoisotopic (exact) mass is 288 g/mol. The molecule has 0 unspecified atom stereocenters. The van der Waals surface area contributed by atoms with Crippen LogP contribution in [0.15, 0.2) is 0 Å². The summed E-state index contributed by atoms with van der Waals surface area (Å²) in [6.07, 6.45) is 0.913. The lowest BCUT2D eigenvalue weighted by atomic mass is 9.89. The van der Waals surface area contributed by atoms with E-state index >= 15 is 0 Å². The lowest BCUT2D eigenvalue weighted by Crippen LogP contribution is -2.59. The first kappa shape index (κ1) is 16.9. The van der Waals surface area contributed by atoms with E-state index in [4.69, 9.17) is 19.9 Å². The molecule has 1 amide bonds. The van der Waals surface area contributed by atoms with Crippen molar-refractivity contribution in [3.63, 3.8) is 0 Å². The Hall–Kier alpha value is -1.18. The van der Waals surface area contributed by atoms with Crippen LogP contribution in [0.2, 0.25) is 0 Å². The van der Waals surface area contributed by atoms with Crippen LogP contribution in [0.4, 0.5) is 0 Å². The standard InChI is InChI=1S/C13H24N2O5/c1-3-20-11(16)10-15(6-9-18-2)12(17)13(14)4-7-19-8-5-13/h3-10,14H2,1-2H3. The SMILES string of the molecule is CCOC(=O)CN(CCOC)C(=O)C1(N)CCOCC1. The number of methoxy groups -OCH3 is 1. The molecular weight excluding hydrogens is 264 g/mol. The number of hydrogen-bond acceptors (Lipinski definition) is 6. The number of hydrogen-bond donors (Lipinski definition) is 1. The van der Waals surface area contributed by atoms with Crippen LogP contribution in [-0.4, -0.2) is 68.9 Å². The summed E-state index contributed by atoms with van der Waals surface area (Å²) in [4.78, 5) is 25.5. The first-order valence-electron chi connectivity index (χ1n) is 6.84. The summed E-state index contributed by atoms with van der Waals surface area (Å²) in [5.74, 6) is -0.682. The molecule has 0 aromatic heterocycles. The van der Waals surface area contributed by atoms with Crippen molar-refractivity contribution in [2.75, 3.05) is 46.6 Å². The summed E-state index contributed by atoms with van der Waals surface area (Å²) < 4.78 is 15.1. The van der Waals surface area contributed by atoms with Gasteiger partial charge < -0.3 is 24.8 Å². The summed E-state index contributed by atoms with van der Waals surface area (Å²) in [5.41, 5.74) is 5.20. The summed E-state index contributed by atoms with van der Waals surface area (Å²) >= 11 is 0. The molecule has 116 valence electrons. The highest BCUT2D eigenvalue weighted by Crippen LogP contribution is 2.20. The zero-order valence-electron chi connectivity index (χ0n) is 12.2. The molecule has 1 rings (SSSR count). The Kier molecular flexibility index (Phi) is 6.90. The fourth-order valence-electron chi connectivity index (χ4n) is 2.08. The predicted octanol–water partition coefficient (Wildman–Crippen LogP) is -0.468.